The Kier molecular flexibility index (Phi) is 3.95. The molecule has 0 aliphatic carbocycles. The van der Waals surface area contributed by atoms with E-state index in [9.17, 15) is 13.2 Å². The second kappa shape index (κ2) is 5.12. The first-order valence-corrected chi connectivity index (χ1v) is 6.25. The first kappa shape index (κ1) is 13.1. The van der Waals surface area contributed by atoms with Crippen LogP contribution in [-0.4, -0.2) is 37.9 Å². The predicted octanol–water partition coefficient (Wildman–Crippen LogP) is 0.854. The quantitative estimate of drug-likeness (QED) is 0.647. The minimum absolute atomic E-state index is 0.130. The van der Waals surface area contributed by atoms with Crippen LogP contribution in [0.1, 0.15) is 19.3 Å². The molecular weight excluding hydrogens is 231 g/mol. The molecule has 2 rings (SSSR count). The molecule has 0 amide bonds. The third-order valence-corrected chi connectivity index (χ3v) is 4.04. The maximum atomic E-state index is 12.5. The molecule has 0 aromatic heterocycles. The SMILES string of the molecule is NC1CCNCC1C1CCC(C(F)(F)F)NC1. The molecule has 2 aliphatic rings. The second-order valence-electron chi connectivity index (χ2n) is 5.16. The molecule has 4 atom stereocenters. The Hall–Kier alpha value is -0.330. The van der Waals surface area contributed by atoms with Crippen molar-refractivity contribution in [2.45, 2.75) is 37.5 Å². The molecule has 2 fully saturated rings. The highest BCUT2D eigenvalue weighted by molar-refractivity contribution is 4.91. The number of alkyl halides is 3. The van der Waals surface area contributed by atoms with Gasteiger partial charge in [0.1, 0.15) is 6.04 Å². The fraction of sp³-hybridized carbons (Fsp3) is 1.00. The molecular formula is C11H20F3N3. The van der Waals surface area contributed by atoms with E-state index in [1.54, 1.807) is 0 Å². The Balaban J connectivity index is 1.86. The van der Waals surface area contributed by atoms with Crippen LogP contribution in [0.2, 0.25) is 0 Å². The molecule has 0 saturated carbocycles. The maximum Gasteiger partial charge on any atom is 0.403 e. The third-order valence-electron chi connectivity index (χ3n) is 4.04. The number of nitrogens with two attached hydrogens (primary N) is 1. The van der Waals surface area contributed by atoms with Crippen molar-refractivity contribution in [3.8, 4) is 0 Å². The highest BCUT2D eigenvalue weighted by Gasteiger charge is 2.43. The van der Waals surface area contributed by atoms with Crippen molar-refractivity contribution in [3.63, 3.8) is 0 Å². The predicted molar refractivity (Wildman–Crippen MR) is 59.5 cm³/mol. The fourth-order valence-electron chi connectivity index (χ4n) is 2.94. The first-order valence-electron chi connectivity index (χ1n) is 6.25. The van der Waals surface area contributed by atoms with Crippen molar-refractivity contribution in [1.82, 2.24) is 10.6 Å². The molecule has 0 radical (unpaired) electrons. The van der Waals surface area contributed by atoms with Crippen LogP contribution in [0.3, 0.4) is 0 Å². The summed E-state index contributed by atoms with van der Waals surface area (Å²) in [5, 5.41) is 5.89. The molecule has 0 aromatic rings. The molecule has 6 heteroatoms. The molecule has 0 bridgehead atoms. The highest BCUT2D eigenvalue weighted by atomic mass is 19.4. The third kappa shape index (κ3) is 3.11. The summed E-state index contributed by atoms with van der Waals surface area (Å²) < 4.78 is 37.5. The Morgan fingerprint density at radius 2 is 1.82 bits per heavy atom. The molecule has 4 N–H and O–H groups in total. The monoisotopic (exact) mass is 251 g/mol. The Morgan fingerprint density at radius 3 is 2.35 bits per heavy atom. The van der Waals surface area contributed by atoms with E-state index >= 15 is 0 Å². The minimum atomic E-state index is -4.11. The van der Waals surface area contributed by atoms with Crippen LogP contribution in [0.5, 0.6) is 0 Å². The highest BCUT2D eigenvalue weighted by Crippen LogP contribution is 2.32. The van der Waals surface area contributed by atoms with Crippen molar-refractivity contribution in [2.24, 2.45) is 17.6 Å². The summed E-state index contributed by atoms with van der Waals surface area (Å²) in [6.45, 7) is 2.19. The zero-order chi connectivity index (χ0) is 12.5. The average molecular weight is 251 g/mol. The van der Waals surface area contributed by atoms with E-state index in [0.717, 1.165) is 19.5 Å². The average Bonchev–Trinajstić information content (AvgIpc) is 2.29. The van der Waals surface area contributed by atoms with Crippen LogP contribution in [0.4, 0.5) is 13.2 Å². The lowest BCUT2D eigenvalue weighted by Crippen LogP contribution is -2.54. The van der Waals surface area contributed by atoms with Crippen molar-refractivity contribution < 1.29 is 13.2 Å². The van der Waals surface area contributed by atoms with Gasteiger partial charge in [0, 0.05) is 6.04 Å². The fourth-order valence-corrected chi connectivity index (χ4v) is 2.94. The molecule has 0 aromatic carbocycles. The van der Waals surface area contributed by atoms with Crippen LogP contribution in [0.25, 0.3) is 0 Å². The standard InChI is InChI=1S/C11H20F3N3/c12-11(13,14)10-2-1-7(5-17-10)8-6-16-4-3-9(8)15/h7-10,16-17H,1-6,15H2. The number of piperidine rings is 2. The van der Waals surface area contributed by atoms with Gasteiger partial charge in [-0.3, -0.25) is 0 Å². The first-order chi connectivity index (χ1) is 7.98. The lowest BCUT2D eigenvalue weighted by molar-refractivity contribution is -0.163. The van der Waals surface area contributed by atoms with E-state index in [0.29, 0.717) is 18.9 Å². The molecule has 3 nitrogen and oxygen atoms in total. The lowest BCUT2D eigenvalue weighted by atomic mass is 9.78. The van der Waals surface area contributed by atoms with Crippen LogP contribution in [0.15, 0.2) is 0 Å². The van der Waals surface area contributed by atoms with Gasteiger partial charge in [-0.25, -0.2) is 0 Å². The van der Waals surface area contributed by atoms with Crippen molar-refractivity contribution in [1.29, 1.82) is 0 Å². The lowest BCUT2D eigenvalue weighted by Gasteiger charge is -2.40. The van der Waals surface area contributed by atoms with E-state index in [2.05, 4.69) is 10.6 Å². The molecule has 2 aliphatic heterocycles. The summed E-state index contributed by atoms with van der Waals surface area (Å²) >= 11 is 0. The largest absolute Gasteiger partial charge is 0.403 e. The van der Waals surface area contributed by atoms with E-state index in [1.807, 2.05) is 0 Å². The molecule has 4 unspecified atom stereocenters. The number of halogens is 3. The van der Waals surface area contributed by atoms with Gasteiger partial charge < -0.3 is 16.4 Å². The minimum Gasteiger partial charge on any atom is -0.327 e. The van der Waals surface area contributed by atoms with Crippen LogP contribution < -0.4 is 16.4 Å². The summed E-state index contributed by atoms with van der Waals surface area (Å²) in [4.78, 5) is 0. The maximum absolute atomic E-state index is 12.5. The van der Waals surface area contributed by atoms with Crippen molar-refractivity contribution in [2.75, 3.05) is 19.6 Å². The van der Waals surface area contributed by atoms with Crippen LogP contribution in [-0.2, 0) is 0 Å². The Labute approximate surface area is 99.3 Å². The van der Waals surface area contributed by atoms with Gasteiger partial charge in [0.15, 0.2) is 0 Å². The zero-order valence-electron chi connectivity index (χ0n) is 9.76. The van der Waals surface area contributed by atoms with Crippen LogP contribution >= 0.6 is 0 Å². The summed E-state index contributed by atoms with van der Waals surface area (Å²) in [6, 6.07) is -1.20. The second-order valence-corrected chi connectivity index (χ2v) is 5.16. The van der Waals surface area contributed by atoms with Gasteiger partial charge in [-0.05, 0) is 50.7 Å². The molecule has 2 heterocycles. The smallest absolute Gasteiger partial charge is 0.327 e. The Bertz CT molecular complexity index is 249. The van der Waals surface area contributed by atoms with Gasteiger partial charge >= 0.3 is 6.18 Å². The van der Waals surface area contributed by atoms with E-state index in [4.69, 9.17) is 5.73 Å². The molecule has 100 valence electrons. The number of rotatable bonds is 1. The summed E-state index contributed by atoms with van der Waals surface area (Å²) in [5.41, 5.74) is 6.04. The van der Waals surface area contributed by atoms with Crippen molar-refractivity contribution in [3.05, 3.63) is 0 Å². The molecule has 2 saturated heterocycles. The van der Waals surface area contributed by atoms with Gasteiger partial charge in [-0.15, -0.1) is 0 Å². The van der Waals surface area contributed by atoms with Gasteiger partial charge in [-0.2, -0.15) is 13.2 Å². The van der Waals surface area contributed by atoms with Gasteiger partial charge in [0.2, 0.25) is 0 Å². The number of nitrogens with one attached hydrogen (secondary N) is 2. The molecule has 0 spiro atoms. The number of hydrogen-bond donors (Lipinski definition) is 3. The zero-order valence-corrected chi connectivity index (χ0v) is 9.76. The number of hydrogen-bond acceptors (Lipinski definition) is 3. The van der Waals surface area contributed by atoms with Crippen LogP contribution in [0, 0.1) is 11.8 Å². The van der Waals surface area contributed by atoms with Gasteiger partial charge in [0.05, 0.1) is 0 Å². The van der Waals surface area contributed by atoms with Gasteiger partial charge in [0.25, 0.3) is 0 Å². The summed E-state index contributed by atoms with van der Waals surface area (Å²) in [5.74, 6) is 0.585. The normalized spacial score (nSPS) is 40.2. The van der Waals surface area contributed by atoms with E-state index in [1.165, 1.54) is 0 Å². The Morgan fingerprint density at radius 1 is 1.06 bits per heavy atom. The van der Waals surface area contributed by atoms with E-state index in [-0.39, 0.29) is 18.4 Å². The van der Waals surface area contributed by atoms with E-state index < -0.39 is 12.2 Å². The topological polar surface area (TPSA) is 50.1 Å². The van der Waals surface area contributed by atoms with Crippen molar-refractivity contribution >= 4 is 0 Å². The van der Waals surface area contributed by atoms with Gasteiger partial charge in [-0.1, -0.05) is 0 Å². The summed E-state index contributed by atoms with van der Waals surface area (Å²) in [7, 11) is 0. The molecule has 17 heavy (non-hydrogen) atoms. The summed E-state index contributed by atoms with van der Waals surface area (Å²) in [6.07, 6.45) is -2.39.